The summed E-state index contributed by atoms with van der Waals surface area (Å²) >= 11 is 0. The number of sulfonamides is 1. The molecular formula is C20H28N4O4S. The predicted molar refractivity (Wildman–Crippen MR) is 111 cm³/mol. The van der Waals surface area contributed by atoms with Crippen LogP contribution < -0.4 is 10.1 Å². The molecule has 9 heteroatoms. The molecule has 1 saturated heterocycles. The van der Waals surface area contributed by atoms with Gasteiger partial charge in [-0.25, -0.2) is 8.42 Å². The van der Waals surface area contributed by atoms with E-state index < -0.39 is 10.0 Å². The molecule has 1 aromatic heterocycles. The van der Waals surface area contributed by atoms with Crippen molar-refractivity contribution in [2.75, 3.05) is 25.5 Å². The van der Waals surface area contributed by atoms with Gasteiger partial charge in [0.25, 0.3) is 0 Å². The molecule has 0 spiro atoms. The first-order valence-corrected chi connectivity index (χ1v) is 11.1. The Bertz CT molecular complexity index is 1010. The van der Waals surface area contributed by atoms with Crippen molar-refractivity contribution in [3.05, 3.63) is 35.2 Å². The van der Waals surface area contributed by atoms with Gasteiger partial charge in [-0.15, -0.1) is 0 Å². The van der Waals surface area contributed by atoms with Crippen molar-refractivity contribution >= 4 is 21.6 Å². The molecule has 1 aliphatic rings. The monoisotopic (exact) mass is 420 g/mol. The molecule has 3 rings (SSSR count). The van der Waals surface area contributed by atoms with Crippen molar-refractivity contribution in [2.45, 2.75) is 44.4 Å². The number of anilines is 1. The number of nitrogens with one attached hydrogen (secondary N) is 1. The van der Waals surface area contributed by atoms with E-state index >= 15 is 0 Å². The Morgan fingerprint density at radius 2 is 1.90 bits per heavy atom. The maximum absolute atomic E-state index is 13.1. The summed E-state index contributed by atoms with van der Waals surface area (Å²) in [6, 6.07) is 4.70. The van der Waals surface area contributed by atoms with Crippen molar-refractivity contribution in [3.8, 4) is 5.75 Å². The van der Waals surface area contributed by atoms with Gasteiger partial charge in [-0.05, 0) is 44.9 Å². The number of rotatable bonds is 6. The van der Waals surface area contributed by atoms with E-state index in [4.69, 9.17) is 4.74 Å². The molecule has 1 aliphatic heterocycles. The molecule has 1 N–H and O–H groups in total. The number of amides is 1. The standard InChI is InChI=1S/C20H28N4O4S/c1-14-17(15(2)23(3)22-14)13-20(25)21-16-8-9-18(28-4)19(12-16)29(26,27)24-10-6-5-7-11-24/h8-9,12H,5-7,10-11,13H2,1-4H3,(H,21,25). The van der Waals surface area contributed by atoms with Gasteiger partial charge in [-0.2, -0.15) is 9.40 Å². The number of carbonyl (C=O) groups excluding carboxylic acids is 1. The highest BCUT2D eigenvalue weighted by molar-refractivity contribution is 7.89. The number of methoxy groups -OCH3 is 1. The van der Waals surface area contributed by atoms with Gasteiger partial charge >= 0.3 is 0 Å². The number of hydrogen-bond donors (Lipinski definition) is 1. The van der Waals surface area contributed by atoms with Crippen molar-refractivity contribution in [1.29, 1.82) is 0 Å². The Labute approximate surface area is 171 Å². The highest BCUT2D eigenvalue weighted by Crippen LogP contribution is 2.31. The molecule has 0 radical (unpaired) electrons. The normalized spacial score (nSPS) is 15.3. The second-order valence-electron chi connectivity index (χ2n) is 7.33. The maximum atomic E-state index is 13.1. The van der Waals surface area contributed by atoms with E-state index in [0.717, 1.165) is 36.2 Å². The summed E-state index contributed by atoms with van der Waals surface area (Å²) in [6.45, 7) is 4.79. The SMILES string of the molecule is COc1ccc(NC(=O)Cc2c(C)nn(C)c2C)cc1S(=O)(=O)N1CCCCC1. The van der Waals surface area contributed by atoms with Gasteiger partial charge in [0.05, 0.1) is 19.2 Å². The summed E-state index contributed by atoms with van der Waals surface area (Å²) < 4.78 is 34.7. The lowest BCUT2D eigenvalue weighted by Crippen LogP contribution is -2.35. The average Bonchev–Trinajstić information content (AvgIpc) is 2.94. The molecule has 2 aromatic rings. The van der Waals surface area contributed by atoms with Gasteiger partial charge in [0, 0.05) is 37.1 Å². The predicted octanol–water partition coefficient (Wildman–Crippen LogP) is 2.40. The van der Waals surface area contributed by atoms with Crippen LogP contribution in [0.5, 0.6) is 5.75 Å². The van der Waals surface area contributed by atoms with Crippen molar-refractivity contribution < 1.29 is 17.9 Å². The molecule has 0 bridgehead atoms. The summed E-state index contributed by atoms with van der Waals surface area (Å²) in [5.41, 5.74) is 3.04. The van der Waals surface area contributed by atoms with Crippen LogP contribution in [0.25, 0.3) is 0 Å². The molecule has 2 heterocycles. The molecule has 0 saturated carbocycles. The summed E-state index contributed by atoms with van der Waals surface area (Å²) in [7, 11) is -0.409. The van der Waals surface area contributed by atoms with E-state index in [1.165, 1.54) is 17.5 Å². The number of ether oxygens (including phenoxy) is 1. The van der Waals surface area contributed by atoms with Crippen LogP contribution in [-0.4, -0.2) is 48.6 Å². The molecule has 1 fully saturated rings. The molecule has 158 valence electrons. The van der Waals surface area contributed by atoms with Gasteiger partial charge in [0.2, 0.25) is 15.9 Å². The van der Waals surface area contributed by atoms with Crippen LogP contribution in [0.2, 0.25) is 0 Å². The van der Waals surface area contributed by atoms with Crippen LogP contribution in [0, 0.1) is 13.8 Å². The fourth-order valence-corrected chi connectivity index (χ4v) is 5.34. The van der Waals surface area contributed by atoms with Crippen LogP contribution in [-0.2, 0) is 28.3 Å². The second kappa shape index (κ2) is 8.54. The first-order valence-electron chi connectivity index (χ1n) is 9.71. The molecule has 29 heavy (non-hydrogen) atoms. The minimum Gasteiger partial charge on any atom is -0.495 e. The largest absolute Gasteiger partial charge is 0.495 e. The van der Waals surface area contributed by atoms with E-state index in [9.17, 15) is 13.2 Å². The Kier molecular flexibility index (Phi) is 6.28. The van der Waals surface area contributed by atoms with E-state index in [2.05, 4.69) is 10.4 Å². The zero-order valence-corrected chi connectivity index (χ0v) is 18.2. The zero-order valence-electron chi connectivity index (χ0n) is 17.4. The summed E-state index contributed by atoms with van der Waals surface area (Å²) in [6.07, 6.45) is 2.90. The molecule has 0 atom stereocenters. The van der Waals surface area contributed by atoms with Crippen molar-refractivity contribution in [2.24, 2.45) is 7.05 Å². The fourth-order valence-electron chi connectivity index (χ4n) is 3.64. The quantitative estimate of drug-likeness (QED) is 0.775. The lowest BCUT2D eigenvalue weighted by molar-refractivity contribution is -0.115. The third-order valence-electron chi connectivity index (χ3n) is 5.38. The first kappa shape index (κ1) is 21.3. The number of benzene rings is 1. The fraction of sp³-hybridized carbons (Fsp3) is 0.500. The average molecular weight is 421 g/mol. The van der Waals surface area contributed by atoms with E-state index in [-0.39, 0.29) is 23.0 Å². The smallest absolute Gasteiger partial charge is 0.246 e. The Balaban J connectivity index is 1.83. The Morgan fingerprint density at radius 3 is 2.48 bits per heavy atom. The first-order chi connectivity index (χ1) is 13.7. The Morgan fingerprint density at radius 1 is 1.21 bits per heavy atom. The maximum Gasteiger partial charge on any atom is 0.246 e. The van der Waals surface area contributed by atoms with Gasteiger partial charge < -0.3 is 10.1 Å². The summed E-state index contributed by atoms with van der Waals surface area (Å²) in [5.74, 6) is 0.0446. The Hall–Kier alpha value is -2.39. The van der Waals surface area contributed by atoms with Gasteiger partial charge in [-0.3, -0.25) is 9.48 Å². The third-order valence-corrected chi connectivity index (χ3v) is 7.30. The van der Waals surface area contributed by atoms with E-state index in [1.807, 2.05) is 20.9 Å². The molecule has 1 amide bonds. The van der Waals surface area contributed by atoms with Gasteiger partial charge in [0.1, 0.15) is 10.6 Å². The molecule has 8 nitrogen and oxygen atoms in total. The third kappa shape index (κ3) is 4.45. The molecule has 0 aliphatic carbocycles. The highest BCUT2D eigenvalue weighted by atomic mass is 32.2. The topological polar surface area (TPSA) is 93.5 Å². The summed E-state index contributed by atoms with van der Waals surface area (Å²) in [5, 5.41) is 7.13. The van der Waals surface area contributed by atoms with Gasteiger partial charge in [0.15, 0.2) is 0 Å². The number of aromatic nitrogens is 2. The number of hydrogen-bond acceptors (Lipinski definition) is 5. The number of piperidine rings is 1. The summed E-state index contributed by atoms with van der Waals surface area (Å²) in [4.78, 5) is 12.7. The minimum atomic E-state index is -3.69. The van der Waals surface area contributed by atoms with Crippen LogP contribution in [0.15, 0.2) is 23.1 Å². The molecule has 0 unspecified atom stereocenters. The zero-order chi connectivity index (χ0) is 21.2. The van der Waals surface area contributed by atoms with Crippen LogP contribution >= 0.6 is 0 Å². The number of nitrogens with zero attached hydrogens (tertiary/aromatic N) is 3. The van der Waals surface area contributed by atoms with E-state index in [1.54, 1.807) is 16.8 Å². The highest BCUT2D eigenvalue weighted by Gasteiger charge is 2.29. The molecule has 1 aromatic carbocycles. The van der Waals surface area contributed by atoms with Crippen molar-refractivity contribution in [3.63, 3.8) is 0 Å². The van der Waals surface area contributed by atoms with Crippen LogP contribution in [0.3, 0.4) is 0 Å². The second-order valence-corrected chi connectivity index (χ2v) is 9.23. The van der Waals surface area contributed by atoms with Crippen LogP contribution in [0.4, 0.5) is 5.69 Å². The minimum absolute atomic E-state index is 0.0773. The number of aryl methyl sites for hydroxylation is 2. The van der Waals surface area contributed by atoms with E-state index in [0.29, 0.717) is 18.8 Å². The van der Waals surface area contributed by atoms with Crippen LogP contribution in [0.1, 0.15) is 36.2 Å². The molecular weight excluding hydrogens is 392 g/mol. The number of carbonyl (C=O) groups is 1. The lowest BCUT2D eigenvalue weighted by atomic mass is 10.1. The van der Waals surface area contributed by atoms with Gasteiger partial charge in [-0.1, -0.05) is 6.42 Å². The lowest BCUT2D eigenvalue weighted by Gasteiger charge is -2.26. The van der Waals surface area contributed by atoms with Crippen molar-refractivity contribution in [1.82, 2.24) is 14.1 Å².